The van der Waals surface area contributed by atoms with Gasteiger partial charge in [0.05, 0.1) is 29.6 Å². The maximum Gasteiger partial charge on any atom is 0.274 e. The Morgan fingerprint density at radius 1 is 1.22 bits per heavy atom. The Morgan fingerprint density at radius 3 is 2.59 bits per heavy atom. The number of aromatic nitrogens is 3. The van der Waals surface area contributed by atoms with Gasteiger partial charge in [-0.15, -0.1) is 0 Å². The summed E-state index contributed by atoms with van der Waals surface area (Å²) in [6.45, 7) is 14.2. The molecular weight excluding hydrogens is 423 g/mol. The Labute approximate surface area is 190 Å². The molecule has 0 unspecified atom stereocenters. The van der Waals surface area contributed by atoms with Crippen LogP contribution in [0.5, 0.6) is 0 Å². The summed E-state index contributed by atoms with van der Waals surface area (Å²) >= 11 is 0. The quantitative estimate of drug-likeness (QED) is 0.370. The molecule has 3 heterocycles. The minimum Gasteiger partial charge on any atom is -0.394 e. The minimum absolute atomic E-state index is 0.193. The minimum atomic E-state index is -1.24. The van der Waals surface area contributed by atoms with Crippen LogP contribution in [-0.2, 0) is 24.4 Å². The van der Waals surface area contributed by atoms with Crippen molar-refractivity contribution in [3.63, 3.8) is 0 Å². The third-order valence-corrected chi connectivity index (χ3v) is 7.31. The van der Waals surface area contributed by atoms with Crippen molar-refractivity contribution in [2.45, 2.75) is 66.2 Å². The molecule has 0 spiro atoms. The second kappa shape index (κ2) is 9.58. The molecule has 0 radical (unpaired) electrons. The first kappa shape index (κ1) is 24.2. The Hall–Kier alpha value is -2.45. The van der Waals surface area contributed by atoms with E-state index >= 15 is 0 Å². The van der Waals surface area contributed by atoms with Crippen molar-refractivity contribution in [1.82, 2.24) is 14.1 Å². The zero-order valence-corrected chi connectivity index (χ0v) is 21.0. The number of fused-ring (bicyclic) bond motifs is 1. The molecule has 3 aromatic rings. The van der Waals surface area contributed by atoms with Gasteiger partial charge in [-0.1, -0.05) is 33.5 Å². The molecule has 32 heavy (non-hydrogen) atoms. The first-order valence-electron chi connectivity index (χ1n) is 11.2. The van der Waals surface area contributed by atoms with Gasteiger partial charge in [0.1, 0.15) is 6.73 Å². The number of hydrogen-bond acceptors (Lipinski definition) is 4. The molecule has 0 saturated heterocycles. The van der Waals surface area contributed by atoms with Crippen molar-refractivity contribution in [2.75, 3.05) is 12.3 Å². The van der Waals surface area contributed by atoms with Crippen LogP contribution in [0.1, 0.15) is 30.9 Å². The predicted octanol–water partition coefficient (Wildman–Crippen LogP) is 4.79. The van der Waals surface area contributed by atoms with Crippen LogP contribution >= 0.6 is 0 Å². The summed E-state index contributed by atoms with van der Waals surface area (Å²) in [5.74, 6) is 0.000746. The molecule has 0 saturated carbocycles. The molecule has 3 aromatic heterocycles. The van der Waals surface area contributed by atoms with Crippen LogP contribution < -0.4 is 11.3 Å². The summed E-state index contributed by atoms with van der Waals surface area (Å²) in [7, 11) is -1.24. The highest BCUT2D eigenvalue weighted by atomic mass is 28.3. The van der Waals surface area contributed by atoms with Gasteiger partial charge in [-0.2, -0.15) is 0 Å². The highest BCUT2D eigenvalue weighted by Crippen LogP contribution is 2.27. The van der Waals surface area contributed by atoms with E-state index in [-0.39, 0.29) is 30.3 Å². The molecule has 0 atom stereocenters. The number of hydrogen-bond donors (Lipinski definition) is 1. The molecule has 0 aliphatic carbocycles. The highest BCUT2D eigenvalue weighted by molar-refractivity contribution is 6.76. The lowest BCUT2D eigenvalue weighted by Crippen LogP contribution is -2.26. The number of nitrogen functional groups attached to an aromatic ring is 1. The largest absolute Gasteiger partial charge is 0.394 e. The number of nitrogens with zero attached hydrogens (tertiary/aromatic N) is 3. The molecule has 2 N–H and O–H groups in total. The number of pyridine rings is 2. The van der Waals surface area contributed by atoms with Gasteiger partial charge in [0.2, 0.25) is 0 Å². The molecule has 0 aromatic carbocycles. The van der Waals surface area contributed by atoms with Crippen molar-refractivity contribution in [1.29, 1.82) is 0 Å². The molecule has 0 bridgehead atoms. The summed E-state index contributed by atoms with van der Waals surface area (Å²) in [5, 5.41) is 0.508. The van der Waals surface area contributed by atoms with Crippen molar-refractivity contribution in [2.24, 2.45) is 5.92 Å². The maximum absolute atomic E-state index is 14.8. The molecular formula is C24H35FN4O2Si. The molecule has 0 fully saturated rings. The number of anilines is 1. The fraction of sp³-hybridized carbons (Fsp3) is 0.500. The Kier molecular flexibility index (Phi) is 7.24. The fourth-order valence-corrected chi connectivity index (χ4v) is 4.51. The third-order valence-electron chi connectivity index (χ3n) is 5.61. The van der Waals surface area contributed by atoms with E-state index in [1.807, 2.05) is 23.6 Å². The van der Waals surface area contributed by atoms with E-state index in [0.717, 1.165) is 35.1 Å². The van der Waals surface area contributed by atoms with E-state index in [4.69, 9.17) is 10.5 Å². The standard InChI is InChI=1S/C24H35FN4O2Si/c1-16(2)11-22-23-19(20(25)13-27-22)12-18(29(23)15-31-9-10-32(4,5)6)14-28-17(3)7-8-21(26)24(28)30/h7-8,12-13,16H,9-11,14-15,26H2,1-6H3. The lowest BCUT2D eigenvalue weighted by molar-refractivity contribution is 0.0881. The van der Waals surface area contributed by atoms with Crippen LogP contribution in [0.15, 0.2) is 29.2 Å². The third kappa shape index (κ3) is 5.47. The van der Waals surface area contributed by atoms with Gasteiger partial charge in [-0.3, -0.25) is 9.78 Å². The molecule has 6 nitrogen and oxygen atoms in total. The second-order valence-electron chi connectivity index (χ2n) is 10.1. The molecule has 3 rings (SSSR count). The van der Waals surface area contributed by atoms with Crippen molar-refractivity contribution < 1.29 is 9.13 Å². The van der Waals surface area contributed by atoms with Crippen LogP contribution in [-0.4, -0.2) is 28.8 Å². The normalized spacial score (nSPS) is 12.2. The van der Waals surface area contributed by atoms with Gasteiger partial charge in [0, 0.05) is 31.5 Å². The van der Waals surface area contributed by atoms with E-state index in [2.05, 4.69) is 38.5 Å². The summed E-state index contributed by atoms with van der Waals surface area (Å²) in [6.07, 6.45) is 2.02. The lowest BCUT2D eigenvalue weighted by atomic mass is 10.1. The van der Waals surface area contributed by atoms with Crippen molar-refractivity contribution >= 4 is 24.7 Å². The number of nitrogens with two attached hydrogens (primary N) is 1. The smallest absolute Gasteiger partial charge is 0.274 e. The van der Waals surface area contributed by atoms with Crippen LogP contribution in [0.3, 0.4) is 0 Å². The van der Waals surface area contributed by atoms with E-state index in [0.29, 0.717) is 17.9 Å². The monoisotopic (exact) mass is 458 g/mol. The van der Waals surface area contributed by atoms with Gasteiger partial charge in [-0.05, 0) is 43.5 Å². The Bertz CT molecular complexity index is 1160. The van der Waals surface area contributed by atoms with E-state index in [1.54, 1.807) is 10.6 Å². The summed E-state index contributed by atoms with van der Waals surface area (Å²) < 4.78 is 24.5. The first-order chi connectivity index (χ1) is 15.0. The first-order valence-corrected chi connectivity index (χ1v) is 14.9. The second-order valence-corrected chi connectivity index (χ2v) is 15.8. The van der Waals surface area contributed by atoms with Gasteiger partial charge >= 0.3 is 0 Å². The molecule has 8 heteroatoms. The topological polar surface area (TPSA) is 75.1 Å². The van der Waals surface area contributed by atoms with Crippen LogP contribution in [0.25, 0.3) is 10.9 Å². The SMILES string of the molecule is Cc1ccc(N)c(=O)n1Cc1cc2c(F)cnc(CC(C)C)c2n1COCC[Si](C)(C)C. The molecule has 174 valence electrons. The Balaban J connectivity index is 2.09. The van der Waals surface area contributed by atoms with Crippen LogP contribution in [0.2, 0.25) is 25.7 Å². The zero-order valence-electron chi connectivity index (χ0n) is 20.0. The highest BCUT2D eigenvalue weighted by Gasteiger charge is 2.19. The van der Waals surface area contributed by atoms with Crippen molar-refractivity contribution in [3.8, 4) is 0 Å². The number of aryl methyl sites for hydroxylation is 1. The van der Waals surface area contributed by atoms with Gasteiger partial charge in [0.25, 0.3) is 5.56 Å². The van der Waals surface area contributed by atoms with E-state index < -0.39 is 8.07 Å². The molecule has 0 aliphatic rings. The van der Waals surface area contributed by atoms with Crippen molar-refractivity contribution in [3.05, 3.63) is 57.6 Å². The van der Waals surface area contributed by atoms with Crippen LogP contribution in [0.4, 0.5) is 10.1 Å². The summed E-state index contributed by atoms with van der Waals surface area (Å²) in [4.78, 5) is 17.1. The van der Waals surface area contributed by atoms with Gasteiger partial charge < -0.3 is 19.6 Å². The average Bonchev–Trinajstić information content (AvgIpc) is 3.06. The fourth-order valence-electron chi connectivity index (χ4n) is 3.76. The Morgan fingerprint density at radius 2 is 1.94 bits per heavy atom. The maximum atomic E-state index is 14.8. The van der Waals surface area contributed by atoms with E-state index in [9.17, 15) is 9.18 Å². The molecule has 0 aliphatic heterocycles. The average molecular weight is 459 g/mol. The zero-order chi connectivity index (χ0) is 23.6. The van der Waals surface area contributed by atoms with Gasteiger partial charge in [0.15, 0.2) is 5.82 Å². The van der Waals surface area contributed by atoms with Gasteiger partial charge in [-0.25, -0.2) is 4.39 Å². The number of rotatable bonds is 9. The van der Waals surface area contributed by atoms with E-state index in [1.165, 1.54) is 6.20 Å². The summed E-state index contributed by atoms with van der Waals surface area (Å²) in [5.41, 5.74) is 8.99. The van der Waals surface area contributed by atoms with Crippen LogP contribution in [0, 0.1) is 18.7 Å². The summed E-state index contributed by atoms with van der Waals surface area (Å²) in [6, 6.07) is 6.29. The molecule has 0 amide bonds. The lowest BCUT2D eigenvalue weighted by Gasteiger charge is -2.18. The number of ether oxygens (including phenoxy) is 1. The predicted molar refractivity (Wildman–Crippen MR) is 131 cm³/mol. The number of halogens is 1.